The molecule has 30 heavy (non-hydrogen) atoms. The van der Waals surface area contributed by atoms with Gasteiger partial charge >= 0.3 is 0 Å². The van der Waals surface area contributed by atoms with E-state index in [-0.39, 0.29) is 11.8 Å². The fraction of sp³-hybridized carbons (Fsp3) is 0.269. The predicted octanol–water partition coefficient (Wildman–Crippen LogP) is 6.00. The number of likely N-dealkylation sites (tertiary alicyclic amines) is 1. The van der Waals surface area contributed by atoms with Crippen LogP contribution < -0.4 is 5.32 Å². The second-order valence-electron chi connectivity index (χ2n) is 7.96. The molecule has 0 bridgehead atoms. The molecule has 1 unspecified atom stereocenters. The molecule has 0 saturated carbocycles. The standard InChI is InChI=1S/C26H28N2OS/c1-20-13-15-21(16-14-20)18-28-17-7-8-22(19-28)26(29)27-24-11-5-6-12-25(24)30-23-9-3-2-4-10-23/h2-6,9-16,22H,7-8,17-19H2,1H3,(H,27,29). The van der Waals surface area contributed by atoms with Gasteiger partial charge in [0.05, 0.1) is 11.6 Å². The second kappa shape index (κ2) is 9.96. The largest absolute Gasteiger partial charge is 0.325 e. The van der Waals surface area contributed by atoms with Gasteiger partial charge in [0.25, 0.3) is 0 Å². The maximum absolute atomic E-state index is 13.1. The zero-order chi connectivity index (χ0) is 20.8. The first-order valence-electron chi connectivity index (χ1n) is 10.6. The van der Waals surface area contributed by atoms with E-state index < -0.39 is 0 Å². The summed E-state index contributed by atoms with van der Waals surface area (Å²) in [5.41, 5.74) is 3.49. The molecule has 4 heteroatoms. The fourth-order valence-corrected chi connectivity index (χ4v) is 4.80. The van der Waals surface area contributed by atoms with Crippen molar-refractivity contribution in [3.8, 4) is 0 Å². The molecule has 0 aliphatic carbocycles. The van der Waals surface area contributed by atoms with Crippen molar-refractivity contribution in [1.29, 1.82) is 0 Å². The van der Waals surface area contributed by atoms with Gasteiger partial charge < -0.3 is 5.32 Å². The molecule has 1 fully saturated rings. The molecule has 0 radical (unpaired) electrons. The number of piperidine rings is 1. The molecule has 0 spiro atoms. The average molecular weight is 417 g/mol. The van der Waals surface area contributed by atoms with Crippen molar-refractivity contribution in [2.24, 2.45) is 5.92 Å². The zero-order valence-corrected chi connectivity index (χ0v) is 18.2. The van der Waals surface area contributed by atoms with Gasteiger partial charge in [0.15, 0.2) is 0 Å². The molecule has 1 amide bonds. The number of carbonyl (C=O) groups is 1. The van der Waals surface area contributed by atoms with Crippen LogP contribution in [0.2, 0.25) is 0 Å². The summed E-state index contributed by atoms with van der Waals surface area (Å²) in [5, 5.41) is 3.21. The monoisotopic (exact) mass is 416 g/mol. The Morgan fingerprint density at radius 2 is 1.73 bits per heavy atom. The minimum atomic E-state index is 0.0268. The lowest BCUT2D eigenvalue weighted by molar-refractivity contribution is -0.121. The number of benzene rings is 3. The molecule has 3 nitrogen and oxygen atoms in total. The second-order valence-corrected chi connectivity index (χ2v) is 9.08. The third-order valence-corrected chi connectivity index (χ3v) is 6.60. The normalized spacial score (nSPS) is 16.9. The topological polar surface area (TPSA) is 32.3 Å². The summed E-state index contributed by atoms with van der Waals surface area (Å²) in [5.74, 6) is 0.156. The lowest BCUT2D eigenvalue weighted by Crippen LogP contribution is -2.40. The minimum Gasteiger partial charge on any atom is -0.325 e. The van der Waals surface area contributed by atoms with Crippen LogP contribution in [-0.2, 0) is 11.3 Å². The molecule has 3 aromatic rings. The van der Waals surface area contributed by atoms with Gasteiger partial charge in [-0.05, 0) is 56.1 Å². The van der Waals surface area contributed by atoms with E-state index in [1.54, 1.807) is 11.8 Å². The van der Waals surface area contributed by atoms with Crippen LogP contribution in [0, 0.1) is 12.8 Å². The summed E-state index contributed by atoms with van der Waals surface area (Å²) in [6, 6.07) is 27.0. The number of hydrogen-bond donors (Lipinski definition) is 1. The minimum absolute atomic E-state index is 0.0268. The summed E-state index contributed by atoms with van der Waals surface area (Å²) in [6.45, 7) is 4.88. The van der Waals surface area contributed by atoms with Crippen LogP contribution in [0.25, 0.3) is 0 Å². The van der Waals surface area contributed by atoms with Crippen LogP contribution >= 0.6 is 11.8 Å². The van der Waals surface area contributed by atoms with Gasteiger partial charge in [-0.1, -0.05) is 71.9 Å². The van der Waals surface area contributed by atoms with Crippen LogP contribution in [-0.4, -0.2) is 23.9 Å². The van der Waals surface area contributed by atoms with Crippen molar-refractivity contribution in [2.45, 2.75) is 36.1 Å². The number of aryl methyl sites for hydroxylation is 1. The molecule has 3 aromatic carbocycles. The average Bonchev–Trinajstić information content (AvgIpc) is 2.78. The highest BCUT2D eigenvalue weighted by Gasteiger charge is 2.26. The van der Waals surface area contributed by atoms with Crippen molar-refractivity contribution in [3.05, 3.63) is 90.0 Å². The summed E-state index contributed by atoms with van der Waals surface area (Å²) in [6.07, 6.45) is 2.01. The molecular weight excluding hydrogens is 388 g/mol. The number of carbonyl (C=O) groups excluding carboxylic acids is 1. The van der Waals surface area contributed by atoms with Crippen LogP contribution in [0.3, 0.4) is 0 Å². The van der Waals surface area contributed by atoms with Gasteiger partial charge in [-0.2, -0.15) is 0 Å². The Labute approximate surface area is 183 Å². The highest BCUT2D eigenvalue weighted by Crippen LogP contribution is 2.33. The first kappa shape index (κ1) is 20.7. The van der Waals surface area contributed by atoms with E-state index in [2.05, 4.69) is 59.6 Å². The quantitative estimate of drug-likeness (QED) is 0.535. The van der Waals surface area contributed by atoms with E-state index >= 15 is 0 Å². The number of nitrogens with one attached hydrogen (secondary N) is 1. The molecular formula is C26H28N2OS. The number of amides is 1. The third-order valence-electron chi connectivity index (χ3n) is 5.52. The Bertz CT molecular complexity index is 972. The number of rotatable bonds is 6. The lowest BCUT2D eigenvalue weighted by Gasteiger charge is -2.32. The van der Waals surface area contributed by atoms with Crippen LogP contribution in [0.5, 0.6) is 0 Å². The first-order chi connectivity index (χ1) is 14.7. The van der Waals surface area contributed by atoms with Crippen LogP contribution in [0.15, 0.2) is 88.7 Å². The molecule has 1 heterocycles. The smallest absolute Gasteiger partial charge is 0.228 e. The van der Waals surface area contributed by atoms with Gasteiger partial charge in [-0.25, -0.2) is 0 Å². The molecule has 1 aliphatic rings. The fourth-order valence-electron chi connectivity index (χ4n) is 3.87. The number of hydrogen-bond acceptors (Lipinski definition) is 3. The maximum atomic E-state index is 13.1. The third kappa shape index (κ3) is 5.53. The number of anilines is 1. The highest BCUT2D eigenvalue weighted by molar-refractivity contribution is 7.99. The molecule has 1 N–H and O–H groups in total. The van der Waals surface area contributed by atoms with Crippen molar-refractivity contribution < 1.29 is 4.79 Å². The van der Waals surface area contributed by atoms with Gasteiger partial charge in [0, 0.05) is 22.9 Å². The Kier molecular flexibility index (Phi) is 6.88. The number of para-hydroxylation sites is 1. The Balaban J connectivity index is 1.39. The van der Waals surface area contributed by atoms with Crippen LogP contribution in [0.4, 0.5) is 5.69 Å². The maximum Gasteiger partial charge on any atom is 0.228 e. The van der Waals surface area contributed by atoms with Crippen molar-refractivity contribution in [3.63, 3.8) is 0 Å². The Hall–Kier alpha value is -2.56. The van der Waals surface area contributed by atoms with E-state index in [4.69, 9.17) is 0 Å². The van der Waals surface area contributed by atoms with E-state index in [1.165, 1.54) is 16.0 Å². The van der Waals surface area contributed by atoms with Crippen molar-refractivity contribution in [2.75, 3.05) is 18.4 Å². The van der Waals surface area contributed by atoms with Gasteiger partial charge in [0.2, 0.25) is 5.91 Å². The summed E-state index contributed by atoms with van der Waals surface area (Å²) in [4.78, 5) is 17.7. The lowest BCUT2D eigenvalue weighted by atomic mass is 9.96. The van der Waals surface area contributed by atoms with Gasteiger partial charge in [-0.15, -0.1) is 0 Å². The number of nitrogens with zero attached hydrogens (tertiary/aromatic N) is 1. The molecule has 154 valence electrons. The SMILES string of the molecule is Cc1ccc(CN2CCCC(C(=O)Nc3ccccc3Sc3ccccc3)C2)cc1. The van der Waals surface area contributed by atoms with Gasteiger partial charge in [-0.3, -0.25) is 9.69 Å². The Morgan fingerprint density at radius 3 is 2.53 bits per heavy atom. The van der Waals surface area contributed by atoms with E-state index in [0.717, 1.165) is 43.1 Å². The predicted molar refractivity (Wildman–Crippen MR) is 125 cm³/mol. The molecule has 1 aliphatic heterocycles. The molecule has 1 saturated heterocycles. The van der Waals surface area contributed by atoms with Crippen LogP contribution in [0.1, 0.15) is 24.0 Å². The first-order valence-corrected chi connectivity index (χ1v) is 11.4. The van der Waals surface area contributed by atoms with E-state index in [0.29, 0.717) is 0 Å². The molecule has 0 aromatic heterocycles. The van der Waals surface area contributed by atoms with Gasteiger partial charge in [0.1, 0.15) is 0 Å². The van der Waals surface area contributed by atoms with E-state index in [1.807, 2.05) is 36.4 Å². The molecule has 1 atom stereocenters. The van der Waals surface area contributed by atoms with Crippen molar-refractivity contribution in [1.82, 2.24) is 4.90 Å². The molecule has 4 rings (SSSR count). The zero-order valence-electron chi connectivity index (χ0n) is 17.4. The summed E-state index contributed by atoms with van der Waals surface area (Å²) < 4.78 is 0. The summed E-state index contributed by atoms with van der Waals surface area (Å²) in [7, 11) is 0. The Morgan fingerprint density at radius 1 is 1.00 bits per heavy atom. The van der Waals surface area contributed by atoms with E-state index in [9.17, 15) is 4.79 Å². The highest BCUT2D eigenvalue weighted by atomic mass is 32.2. The van der Waals surface area contributed by atoms with Crippen molar-refractivity contribution >= 4 is 23.4 Å². The summed E-state index contributed by atoms with van der Waals surface area (Å²) >= 11 is 1.68.